The van der Waals surface area contributed by atoms with Crippen LogP contribution in [-0.2, 0) is 0 Å². The number of imidazole rings is 1. The summed E-state index contributed by atoms with van der Waals surface area (Å²) in [6.07, 6.45) is 3.44. The highest BCUT2D eigenvalue weighted by Crippen LogP contribution is 1.81. The Morgan fingerprint density at radius 1 is 1.40 bits per heavy atom. The Kier molecular flexibility index (Phi) is 12.7. The molecule has 1 aromatic rings. The number of hydrogen-bond acceptors (Lipinski definition) is 1. The van der Waals surface area contributed by atoms with Gasteiger partial charge in [-0.25, -0.2) is 4.98 Å². The van der Waals surface area contributed by atoms with Gasteiger partial charge in [0.15, 0.2) is 0 Å². The Morgan fingerprint density at radius 2 is 1.90 bits per heavy atom. The van der Waals surface area contributed by atoms with Crippen LogP contribution in [0, 0.1) is 6.92 Å². The van der Waals surface area contributed by atoms with Crippen LogP contribution in [0.1, 0.15) is 19.5 Å². The predicted molar refractivity (Wildman–Crippen MR) is 45.9 cm³/mol. The monoisotopic (exact) mass is 140 g/mol. The molecule has 0 radical (unpaired) electrons. The van der Waals surface area contributed by atoms with Crippen LogP contribution in [0.3, 0.4) is 0 Å². The van der Waals surface area contributed by atoms with Crippen molar-refractivity contribution in [3.05, 3.63) is 31.4 Å². The van der Waals surface area contributed by atoms with Crippen molar-refractivity contribution in [2.45, 2.75) is 20.8 Å². The summed E-state index contributed by atoms with van der Waals surface area (Å²) >= 11 is 0. The van der Waals surface area contributed by atoms with Crippen LogP contribution in [0.25, 0.3) is 0 Å². The third kappa shape index (κ3) is 6.95. The number of nitrogens with zero attached hydrogens (tertiary/aromatic N) is 1. The van der Waals surface area contributed by atoms with E-state index >= 15 is 0 Å². The second-order valence-corrected chi connectivity index (χ2v) is 1.23. The number of H-pyrrole nitrogens is 1. The first-order valence-corrected chi connectivity index (χ1v) is 3.34. The molecule has 0 spiro atoms. The van der Waals surface area contributed by atoms with E-state index < -0.39 is 0 Å². The molecule has 0 aliphatic rings. The summed E-state index contributed by atoms with van der Waals surface area (Å²) in [6, 6.07) is 0. The number of aryl methyl sites for hydroxylation is 1. The van der Waals surface area contributed by atoms with Crippen molar-refractivity contribution in [3.8, 4) is 0 Å². The molecule has 1 aromatic heterocycles. The minimum absolute atomic E-state index is 1.11. The number of aromatic nitrogens is 2. The van der Waals surface area contributed by atoms with Gasteiger partial charge in [-0.1, -0.05) is 13.8 Å². The lowest BCUT2D eigenvalue weighted by Gasteiger charge is -1.67. The van der Waals surface area contributed by atoms with Crippen molar-refractivity contribution >= 4 is 0 Å². The highest BCUT2D eigenvalue weighted by Gasteiger charge is 1.73. The first kappa shape index (κ1) is 11.7. The van der Waals surface area contributed by atoms with E-state index in [0.717, 1.165) is 5.69 Å². The molecule has 0 aromatic carbocycles. The van der Waals surface area contributed by atoms with Crippen molar-refractivity contribution in [2.24, 2.45) is 0 Å². The molecule has 0 aliphatic carbocycles. The van der Waals surface area contributed by atoms with Crippen molar-refractivity contribution < 1.29 is 0 Å². The normalized spacial score (nSPS) is 6.30. The van der Waals surface area contributed by atoms with E-state index in [1.54, 1.807) is 12.5 Å². The van der Waals surface area contributed by atoms with Gasteiger partial charge in [-0.3, -0.25) is 0 Å². The lowest BCUT2D eigenvalue weighted by molar-refractivity contribution is 1.25. The molecule has 1 N–H and O–H groups in total. The molecule has 0 saturated heterocycles. The number of nitrogens with one attached hydrogen (secondary N) is 1. The molecule has 0 bridgehead atoms. The van der Waals surface area contributed by atoms with Gasteiger partial charge in [0.2, 0.25) is 0 Å². The van der Waals surface area contributed by atoms with Crippen LogP contribution in [0.2, 0.25) is 0 Å². The van der Waals surface area contributed by atoms with Crippen LogP contribution in [-0.4, -0.2) is 9.97 Å². The summed E-state index contributed by atoms with van der Waals surface area (Å²) in [5.41, 5.74) is 1.11. The molecule has 2 nitrogen and oxygen atoms in total. The Balaban J connectivity index is 0. The fraction of sp³-hybridized carbons (Fsp3) is 0.375. The van der Waals surface area contributed by atoms with Gasteiger partial charge in [-0.05, 0) is 6.92 Å². The summed E-state index contributed by atoms with van der Waals surface area (Å²) in [5.74, 6) is 0. The molecule has 0 atom stereocenters. The van der Waals surface area contributed by atoms with Crippen LogP contribution in [0.5, 0.6) is 0 Å². The molecule has 0 fully saturated rings. The van der Waals surface area contributed by atoms with E-state index in [-0.39, 0.29) is 0 Å². The predicted octanol–water partition coefficient (Wildman–Crippen LogP) is 2.55. The Morgan fingerprint density at radius 3 is 2.00 bits per heavy atom. The molecule has 2 heteroatoms. The highest BCUT2D eigenvalue weighted by atomic mass is 14.8. The summed E-state index contributed by atoms with van der Waals surface area (Å²) in [5, 5.41) is 0. The van der Waals surface area contributed by atoms with Gasteiger partial charge in [0.05, 0.1) is 6.33 Å². The van der Waals surface area contributed by atoms with Crippen LogP contribution < -0.4 is 0 Å². The quantitative estimate of drug-likeness (QED) is 0.551. The molecule has 1 rings (SSSR count). The van der Waals surface area contributed by atoms with Gasteiger partial charge in [0, 0.05) is 11.9 Å². The third-order valence-corrected chi connectivity index (χ3v) is 0.635. The largest absolute Gasteiger partial charge is 0.349 e. The topological polar surface area (TPSA) is 28.7 Å². The maximum atomic E-state index is 3.77. The SMILES string of the molecule is C=C.CC.Cc1cnc[nH]1. The van der Waals surface area contributed by atoms with Crippen LogP contribution in [0.4, 0.5) is 0 Å². The smallest absolute Gasteiger partial charge is 0.0921 e. The standard InChI is InChI=1S/C4H6N2.C2H6.C2H4/c1-4-2-5-3-6-4;2*1-2/h2-3H,1H3,(H,5,6);1-2H3;1-2H2. The number of rotatable bonds is 0. The van der Waals surface area contributed by atoms with Gasteiger partial charge >= 0.3 is 0 Å². The van der Waals surface area contributed by atoms with Gasteiger partial charge in [-0.15, -0.1) is 13.2 Å². The van der Waals surface area contributed by atoms with E-state index in [4.69, 9.17) is 0 Å². The molecule has 0 saturated carbocycles. The fourth-order valence-electron chi connectivity index (χ4n) is 0.325. The summed E-state index contributed by atoms with van der Waals surface area (Å²) in [7, 11) is 0. The zero-order valence-electron chi connectivity index (χ0n) is 7.02. The molecule has 1 heterocycles. The minimum Gasteiger partial charge on any atom is -0.349 e. The summed E-state index contributed by atoms with van der Waals surface area (Å²) in [4.78, 5) is 6.66. The lowest BCUT2D eigenvalue weighted by atomic mass is 10.6. The summed E-state index contributed by atoms with van der Waals surface area (Å²) in [6.45, 7) is 12.0. The van der Waals surface area contributed by atoms with E-state index in [2.05, 4.69) is 23.1 Å². The highest BCUT2D eigenvalue weighted by molar-refractivity contribution is 4.87. The molecule has 58 valence electrons. The average Bonchev–Trinajstić information content (AvgIpc) is 2.48. The Labute approximate surface area is 63.0 Å². The van der Waals surface area contributed by atoms with Gasteiger partial charge in [0.1, 0.15) is 0 Å². The van der Waals surface area contributed by atoms with Crippen molar-refractivity contribution in [2.75, 3.05) is 0 Å². The minimum atomic E-state index is 1.11. The third-order valence-electron chi connectivity index (χ3n) is 0.635. The van der Waals surface area contributed by atoms with E-state index in [0.29, 0.717) is 0 Å². The van der Waals surface area contributed by atoms with E-state index in [9.17, 15) is 0 Å². The van der Waals surface area contributed by atoms with Crippen molar-refractivity contribution in [3.63, 3.8) is 0 Å². The first-order valence-electron chi connectivity index (χ1n) is 3.34. The summed E-state index contributed by atoms with van der Waals surface area (Å²) < 4.78 is 0. The van der Waals surface area contributed by atoms with Crippen LogP contribution >= 0.6 is 0 Å². The second kappa shape index (κ2) is 10.8. The first-order chi connectivity index (χ1) is 4.89. The van der Waals surface area contributed by atoms with Gasteiger partial charge in [-0.2, -0.15) is 0 Å². The van der Waals surface area contributed by atoms with E-state index in [1.165, 1.54) is 0 Å². The number of hydrogen-bond donors (Lipinski definition) is 1. The molecule has 0 aliphatic heterocycles. The maximum absolute atomic E-state index is 3.77. The zero-order valence-corrected chi connectivity index (χ0v) is 7.02. The van der Waals surface area contributed by atoms with E-state index in [1.807, 2.05) is 20.8 Å². The van der Waals surface area contributed by atoms with Crippen molar-refractivity contribution in [1.82, 2.24) is 9.97 Å². The molecular formula is C8H16N2. The van der Waals surface area contributed by atoms with Crippen molar-refractivity contribution in [1.29, 1.82) is 0 Å². The number of aromatic amines is 1. The average molecular weight is 140 g/mol. The van der Waals surface area contributed by atoms with Crippen LogP contribution in [0.15, 0.2) is 25.7 Å². The molecule has 0 amide bonds. The Bertz CT molecular complexity index is 122. The molecule has 0 unspecified atom stereocenters. The molecular weight excluding hydrogens is 124 g/mol. The fourth-order valence-corrected chi connectivity index (χ4v) is 0.325. The maximum Gasteiger partial charge on any atom is 0.0921 e. The van der Waals surface area contributed by atoms with Gasteiger partial charge < -0.3 is 4.98 Å². The van der Waals surface area contributed by atoms with Gasteiger partial charge in [0.25, 0.3) is 0 Å². The zero-order chi connectivity index (χ0) is 8.41. The Hall–Kier alpha value is -1.05. The lowest BCUT2D eigenvalue weighted by Crippen LogP contribution is -1.59. The second-order valence-electron chi connectivity index (χ2n) is 1.23. The molecule has 10 heavy (non-hydrogen) atoms.